The van der Waals surface area contributed by atoms with Crippen molar-refractivity contribution in [2.45, 2.75) is 35.6 Å². The lowest BCUT2D eigenvalue weighted by molar-refractivity contribution is -0.117. The van der Waals surface area contributed by atoms with E-state index in [1.807, 2.05) is 19.1 Å². The topological polar surface area (TPSA) is 73.2 Å². The number of alkyl halides is 2. The van der Waals surface area contributed by atoms with E-state index in [0.29, 0.717) is 23.6 Å². The van der Waals surface area contributed by atoms with Gasteiger partial charge in [-0.25, -0.2) is 0 Å². The fraction of sp³-hybridized carbons (Fsp3) is 0.348. The quantitative estimate of drug-likeness (QED) is 0.504. The summed E-state index contributed by atoms with van der Waals surface area (Å²) in [5.41, 5.74) is 1.54. The van der Waals surface area contributed by atoms with Crippen molar-refractivity contribution in [3.8, 4) is 6.07 Å². The third-order valence-corrected chi connectivity index (χ3v) is 7.59. The largest absolute Gasteiger partial charge is 0.326 e. The first-order valence-electron chi connectivity index (χ1n) is 9.95. The molecule has 4 rings (SSSR count). The normalized spacial score (nSPS) is 21.9. The van der Waals surface area contributed by atoms with E-state index < -0.39 is 21.7 Å². The Morgan fingerprint density at radius 3 is 2.44 bits per heavy atom. The molecule has 1 N–H and O–H groups in total. The molecule has 2 unspecified atom stereocenters. The molecular formula is C23H19Cl4N3O2. The van der Waals surface area contributed by atoms with E-state index in [9.17, 15) is 14.9 Å². The molecule has 32 heavy (non-hydrogen) atoms. The van der Waals surface area contributed by atoms with Crippen LogP contribution in [0, 0.1) is 24.2 Å². The van der Waals surface area contributed by atoms with E-state index in [2.05, 4.69) is 11.4 Å². The molecule has 2 aromatic carbocycles. The third-order valence-electron chi connectivity index (χ3n) is 6.10. The Hall–Kier alpha value is -1.97. The number of benzene rings is 2. The van der Waals surface area contributed by atoms with Crippen LogP contribution in [0.3, 0.4) is 0 Å². The van der Waals surface area contributed by atoms with Gasteiger partial charge in [0.1, 0.15) is 9.87 Å². The maximum atomic E-state index is 13.0. The van der Waals surface area contributed by atoms with Gasteiger partial charge in [0, 0.05) is 23.7 Å². The molecule has 0 aromatic heterocycles. The van der Waals surface area contributed by atoms with E-state index in [0.717, 1.165) is 11.1 Å². The number of rotatable bonds is 5. The molecule has 5 nitrogen and oxygen atoms in total. The Bertz CT molecular complexity index is 1150. The van der Waals surface area contributed by atoms with Gasteiger partial charge in [0.25, 0.3) is 5.91 Å². The summed E-state index contributed by atoms with van der Waals surface area (Å²) < 4.78 is -1.27. The van der Waals surface area contributed by atoms with Gasteiger partial charge < -0.3 is 10.2 Å². The van der Waals surface area contributed by atoms with E-state index in [1.54, 1.807) is 19.2 Å². The first kappa shape index (κ1) is 23.2. The lowest BCUT2D eigenvalue weighted by atomic mass is 10.1. The number of nitrogens with zero attached hydrogens (tertiary/aromatic N) is 2. The van der Waals surface area contributed by atoms with Crippen molar-refractivity contribution in [1.29, 1.82) is 5.26 Å². The summed E-state index contributed by atoms with van der Waals surface area (Å²) >= 11 is 25.3. The zero-order chi connectivity index (χ0) is 23.4. The molecule has 9 heteroatoms. The summed E-state index contributed by atoms with van der Waals surface area (Å²) in [6.07, 6.45) is 1.25. The Morgan fingerprint density at radius 2 is 1.84 bits per heavy atom. The van der Waals surface area contributed by atoms with Crippen molar-refractivity contribution < 1.29 is 9.59 Å². The Morgan fingerprint density at radius 1 is 1.16 bits per heavy atom. The lowest BCUT2D eigenvalue weighted by Gasteiger charge is -2.23. The van der Waals surface area contributed by atoms with Gasteiger partial charge >= 0.3 is 0 Å². The van der Waals surface area contributed by atoms with Crippen LogP contribution in [-0.2, 0) is 4.79 Å². The highest BCUT2D eigenvalue weighted by Crippen LogP contribution is 2.65. The second kappa shape index (κ2) is 8.11. The number of nitriles is 1. The molecule has 0 bridgehead atoms. The van der Waals surface area contributed by atoms with E-state index in [-0.39, 0.29) is 22.4 Å². The highest BCUT2D eigenvalue weighted by atomic mass is 35.5. The maximum Gasteiger partial charge on any atom is 0.256 e. The standard InChI is InChI=1S/C23H19Cl4N3O2/c1-12-7-13(9-14(24)8-12)18-19(23(18,26)27)20(31)29-15-3-4-17(25)16(10-15)21(32)30(2)22(11-28)5-6-22/h3-4,7-10,18-19H,5-6H2,1-2H3,(H,29,31). The smallest absolute Gasteiger partial charge is 0.256 e. The first-order chi connectivity index (χ1) is 15.0. The summed E-state index contributed by atoms with van der Waals surface area (Å²) in [5.74, 6) is -1.85. The number of hydrogen-bond donors (Lipinski definition) is 1. The number of aryl methyl sites for hydroxylation is 1. The monoisotopic (exact) mass is 509 g/mol. The average molecular weight is 511 g/mol. The number of hydrogen-bond acceptors (Lipinski definition) is 3. The van der Waals surface area contributed by atoms with Crippen LogP contribution in [0.2, 0.25) is 10.0 Å². The predicted molar refractivity (Wildman–Crippen MR) is 127 cm³/mol. The van der Waals surface area contributed by atoms with Gasteiger partial charge in [-0.05, 0) is 61.2 Å². The van der Waals surface area contributed by atoms with Crippen molar-refractivity contribution in [1.82, 2.24) is 4.90 Å². The fourth-order valence-electron chi connectivity index (χ4n) is 4.01. The van der Waals surface area contributed by atoms with Crippen LogP contribution in [0.15, 0.2) is 36.4 Å². The SMILES string of the molecule is Cc1cc(Cl)cc(C2C(C(=O)Nc3ccc(Cl)c(C(=O)N(C)C4(C#N)CC4)c3)C2(Cl)Cl)c1. The second-order valence-corrected chi connectivity index (χ2v) is 10.7. The Kier molecular flexibility index (Phi) is 5.88. The second-order valence-electron chi connectivity index (χ2n) is 8.38. The molecule has 0 heterocycles. The number of halogens is 4. The van der Waals surface area contributed by atoms with Gasteiger partial charge in [-0.15, -0.1) is 23.2 Å². The average Bonchev–Trinajstić information content (AvgIpc) is 3.62. The van der Waals surface area contributed by atoms with Gasteiger partial charge in [0.2, 0.25) is 5.91 Å². The van der Waals surface area contributed by atoms with Crippen LogP contribution < -0.4 is 5.32 Å². The fourth-order valence-corrected chi connectivity index (χ4v) is 5.34. The highest BCUT2D eigenvalue weighted by Gasteiger charge is 2.67. The zero-order valence-electron chi connectivity index (χ0n) is 17.3. The van der Waals surface area contributed by atoms with Crippen LogP contribution in [0.4, 0.5) is 5.69 Å². The molecular weight excluding hydrogens is 492 g/mol. The molecule has 2 aromatic rings. The van der Waals surface area contributed by atoms with Crippen LogP contribution in [0.5, 0.6) is 0 Å². The van der Waals surface area contributed by atoms with Gasteiger partial charge in [-0.2, -0.15) is 5.26 Å². The van der Waals surface area contributed by atoms with Crippen LogP contribution >= 0.6 is 46.4 Å². The first-order valence-corrected chi connectivity index (χ1v) is 11.5. The van der Waals surface area contributed by atoms with E-state index in [4.69, 9.17) is 46.4 Å². The molecule has 0 radical (unpaired) electrons. The van der Waals surface area contributed by atoms with E-state index >= 15 is 0 Å². The minimum absolute atomic E-state index is 0.203. The summed E-state index contributed by atoms with van der Waals surface area (Å²) in [7, 11) is 1.58. The zero-order valence-corrected chi connectivity index (χ0v) is 20.3. The van der Waals surface area contributed by atoms with Crippen molar-refractivity contribution in [2.24, 2.45) is 5.92 Å². The summed E-state index contributed by atoms with van der Waals surface area (Å²) in [5, 5.41) is 12.9. The predicted octanol–water partition coefficient (Wildman–Crippen LogP) is 5.96. The number of anilines is 1. The van der Waals surface area contributed by atoms with E-state index in [1.165, 1.54) is 17.0 Å². The molecule has 0 saturated heterocycles. The third kappa shape index (κ3) is 4.06. The summed E-state index contributed by atoms with van der Waals surface area (Å²) in [6, 6.07) is 12.3. The molecule has 2 saturated carbocycles. The van der Waals surface area contributed by atoms with Crippen molar-refractivity contribution in [2.75, 3.05) is 12.4 Å². The van der Waals surface area contributed by atoms with Gasteiger partial charge in [-0.3, -0.25) is 9.59 Å². The lowest BCUT2D eigenvalue weighted by Crippen LogP contribution is -2.38. The number of amides is 2. The van der Waals surface area contributed by atoms with Crippen molar-refractivity contribution >= 4 is 63.9 Å². The highest BCUT2D eigenvalue weighted by molar-refractivity contribution is 6.53. The maximum absolute atomic E-state index is 13.0. The summed E-state index contributed by atoms with van der Waals surface area (Å²) in [6.45, 7) is 1.90. The molecule has 0 aliphatic heterocycles. The minimum Gasteiger partial charge on any atom is -0.326 e. The molecule has 2 aliphatic carbocycles. The van der Waals surface area contributed by atoms with Gasteiger partial charge in [0.15, 0.2) is 0 Å². The van der Waals surface area contributed by atoms with Crippen LogP contribution in [0.1, 0.15) is 40.2 Å². The minimum atomic E-state index is -1.27. The number of nitrogens with one attached hydrogen (secondary N) is 1. The van der Waals surface area contributed by atoms with Gasteiger partial charge in [-0.1, -0.05) is 29.3 Å². The van der Waals surface area contributed by atoms with Crippen LogP contribution in [0.25, 0.3) is 0 Å². The molecule has 2 aliphatic rings. The Labute approximate surface area is 206 Å². The number of carbonyl (C=O) groups excluding carboxylic acids is 2. The van der Waals surface area contributed by atoms with Crippen LogP contribution in [-0.4, -0.2) is 33.6 Å². The number of carbonyl (C=O) groups is 2. The molecule has 2 atom stereocenters. The van der Waals surface area contributed by atoms with Gasteiger partial charge in [0.05, 0.1) is 22.6 Å². The molecule has 2 fully saturated rings. The molecule has 2 amide bonds. The molecule has 0 spiro atoms. The summed E-state index contributed by atoms with van der Waals surface area (Å²) in [4.78, 5) is 27.3. The van der Waals surface area contributed by atoms with Crippen molar-refractivity contribution in [3.63, 3.8) is 0 Å². The van der Waals surface area contributed by atoms with Crippen molar-refractivity contribution in [3.05, 3.63) is 63.1 Å². The Balaban J connectivity index is 1.53. The molecule has 166 valence electrons.